The summed E-state index contributed by atoms with van der Waals surface area (Å²) in [6, 6.07) is 12.1. The quantitative estimate of drug-likeness (QED) is 0.860. The molecule has 0 saturated carbocycles. The largest absolute Gasteiger partial charge is 0.338 e. The van der Waals surface area contributed by atoms with Crippen LogP contribution in [-0.4, -0.2) is 37.0 Å². The molecule has 0 saturated heterocycles. The van der Waals surface area contributed by atoms with Crippen molar-refractivity contribution in [1.82, 2.24) is 14.5 Å². The molecule has 0 spiro atoms. The van der Waals surface area contributed by atoms with Crippen LogP contribution in [0.1, 0.15) is 5.56 Å². The van der Waals surface area contributed by atoms with Gasteiger partial charge in [-0.05, 0) is 24.3 Å². The number of hydrogen-bond acceptors (Lipinski definition) is 6. The summed E-state index contributed by atoms with van der Waals surface area (Å²) >= 11 is 0. The van der Waals surface area contributed by atoms with Crippen molar-refractivity contribution in [1.29, 1.82) is 5.26 Å². The molecule has 2 rings (SSSR count). The molecular weight excluding hydrogens is 304 g/mol. The molecule has 0 fully saturated rings. The number of para-hydroxylation sites is 1. The van der Waals surface area contributed by atoms with Gasteiger partial charge < -0.3 is 5.32 Å². The molecule has 1 aromatic heterocycles. The van der Waals surface area contributed by atoms with Crippen molar-refractivity contribution in [3.8, 4) is 6.07 Å². The van der Waals surface area contributed by atoms with Crippen molar-refractivity contribution in [2.24, 2.45) is 0 Å². The second-order valence-electron chi connectivity index (χ2n) is 4.48. The summed E-state index contributed by atoms with van der Waals surface area (Å²) in [6.45, 7) is 0. The molecule has 0 radical (unpaired) electrons. The number of rotatable bonds is 5. The minimum absolute atomic E-state index is 0.104. The Balaban J connectivity index is 2.15. The second-order valence-corrected chi connectivity index (χ2v) is 6.36. The molecule has 0 unspecified atom stereocenters. The van der Waals surface area contributed by atoms with Crippen LogP contribution in [0.3, 0.4) is 0 Å². The Morgan fingerprint density at radius 1 is 1.09 bits per heavy atom. The van der Waals surface area contributed by atoms with Gasteiger partial charge in [0.15, 0.2) is 11.6 Å². The molecule has 0 aliphatic rings. The van der Waals surface area contributed by atoms with E-state index in [2.05, 4.69) is 26.3 Å². The number of nitrogens with zero attached hydrogens (tertiary/aromatic N) is 4. The molecule has 1 aromatic carbocycles. The maximum Gasteiger partial charge on any atom is 0.302 e. The first-order valence-electron chi connectivity index (χ1n) is 6.22. The van der Waals surface area contributed by atoms with Crippen molar-refractivity contribution >= 4 is 27.5 Å². The SMILES string of the molecule is CN(C)S(=O)(=O)Nc1ccc(Nc2ccccc2C#N)nn1. The van der Waals surface area contributed by atoms with Crippen LogP contribution >= 0.6 is 0 Å². The third-order valence-corrected chi connectivity index (χ3v) is 4.12. The lowest BCUT2D eigenvalue weighted by Crippen LogP contribution is -2.29. The van der Waals surface area contributed by atoms with E-state index in [-0.39, 0.29) is 5.82 Å². The van der Waals surface area contributed by atoms with Crippen molar-refractivity contribution in [2.75, 3.05) is 24.1 Å². The minimum Gasteiger partial charge on any atom is -0.338 e. The number of benzene rings is 1. The van der Waals surface area contributed by atoms with Crippen molar-refractivity contribution in [2.45, 2.75) is 0 Å². The summed E-state index contributed by atoms with van der Waals surface area (Å²) in [7, 11) is -0.802. The zero-order chi connectivity index (χ0) is 16.2. The zero-order valence-electron chi connectivity index (χ0n) is 12.0. The number of hydrogen-bond donors (Lipinski definition) is 2. The Kier molecular flexibility index (Phi) is 4.55. The van der Waals surface area contributed by atoms with Gasteiger partial charge in [-0.25, -0.2) is 0 Å². The molecule has 2 N–H and O–H groups in total. The van der Waals surface area contributed by atoms with Gasteiger partial charge in [0.1, 0.15) is 6.07 Å². The summed E-state index contributed by atoms with van der Waals surface area (Å²) < 4.78 is 26.6. The fraction of sp³-hybridized carbons (Fsp3) is 0.154. The lowest BCUT2D eigenvalue weighted by molar-refractivity contribution is 0.526. The van der Waals surface area contributed by atoms with Gasteiger partial charge in [0.2, 0.25) is 0 Å². The van der Waals surface area contributed by atoms with Crippen LogP contribution in [0, 0.1) is 11.3 Å². The van der Waals surface area contributed by atoms with E-state index in [0.717, 1.165) is 4.31 Å². The van der Waals surface area contributed by atoms with E-state index in [1.807, 2.05) is 0 Å². The van der Waals surface area contributed by atoms with E-state index < -0.39 is 10.2 Å². The molecule has 0 aliphatic carbocycles. The lowest BCUT2D eigenvalue weighted by Gasteiger charge is -2.12. The fourth-order valence-corrected chi connectivity index (χ4v) is 2.06. The lowest BCUT2D eigenvalue weighted by atomic mass is 10.2. The average Bonchev–Trinajstić information content (AvgIpc) is 2.49. The van der Waals surface area contributed by atoms with Crippen LogP contribution < -0.4 is 10.0 Å². The van der Waals surface area contributed by atoms with E-state index in [4.69, 9.17) is 5.26 Å². The maximum absolute atomic E-state index is 11.7. The molecule has 0 atom stereocenters. The highest BCUT2D eigenvalue weighted by Crippen LogP contribution is 2.19. The van der Waals surface area contributed by atoms with Crippen LogP contribution in [0.2, 0.25) is 0 Å². The normalized spacial score (nSPS) is 11.0. The van der Waals surface area contributed by atoms with Crippen molar-refractivity contribution in [3.63, 3.8) is 0 Å². The van der Waals surface area contributed by atoms with Gasteiger partial charge in [0, 0.05) is 14.1 Å². The molecule has 0 bridgehead atoms. The molecule has 9 heteroatoms. The van der Waals surface area contributed by atoms with Crippen LogP contribution in [-0.2, 0) is 10.2 Å². The smallest absolute Gasteiger partial charge is 0.302 e. The topological polar surface area (TPSA) is 111 Å². The van der Waals surface area contributed by atoms with Crippen LogP contribution in [0.4, 0.5) is 17.3 Å². The molecule has 22 heavy (non-hydrogen) atoms. The highest BCUT2D eigenvalue weighted by molar-refractivity contribution is 7.90. The van der Waals surface area contributed by atoms with Gasteiger partial charge in [-0.2, -0.15) is 18.0 Å². The average molecular weight is 318 g/mol. The van der Waals surface area contributed by atoms with Gasteiger partial charge in [-0.3, -0.25) is 4.72 Å². The Labute approximate surface area is 128 Å². The standard InChI is InChI=1S/C13H14N6O2S/c1-19(2)22(20,21)18-13-8-7-12(16-17-13)15-11-6-4-3-5-10(11)9-14/h3-8H,1-2H3,(H,15,16)(H,17,18). The van der Waals surface area contributed by atoms with Crippen molar-refractivity contribution < 1.29 is 8.42 Å². The Bertz CT molecular complexity index is 796. The Morgan fingerprint density at radius 3 is 2.32 bits per heavy atom. The molecule has 0 amide bonds. The summed E-state index contributed by atoms with van der Waals surface area (Å²) in [5.41, 5.74) is 1.07. The summed E-state index contributed by atoms with van der Waals surface area (Å²) in [4.78, 5) is 0. The fourth-order valence-electron chi connectivity index (χ4n) is 1.50. The van der Waals surface area contributed by atoms with Gasteiger partial charge in [0.25, 0.3) is 0 Å². The first kappa shape index (κ1) is 15.7. The summed E-state index contributed by atoms with van der Waals surface area (Å²) in [5, 5.41) is 19.6. The van der Waals surface area contributed by atoms with E-state index in [0.29, 0.717) is 17.1 Å². The number of nitriles is 1. The van der Waals surface area contributed by atoms with E-state index >= 15 is 0 Å². The molecule has 2 aromatic rings. The van der Waals surface area contributed by atoms with Gasteiger partial charge >= 0.3 is 10.2 Å². The number of aromatic nitrogens is 2. The number of anilines is 3. The summed E-state index contributed by atoms with van der Waals surface area (Å²) in [5.74, 6) is 0.503. The Hall–Kier alpha value is -2.70. The highest BCUT2D eigenvalue weighted by Gasteiger charge is 2.14. The molecule has 114 valence electrons. The molecular formula is C13H14N6O2S. The second kappa shape index (κ2) is 6.38. The zero-order valence-corrected chi connectivity index (χ0v) is 12.8. The van der Waals surface area contributed by atoms with Gasteiger partial charge in [0.05, 0.1) is 11.3 Å². The monoisotopic (exact) mass is 318 g/mol. The summed E-state index contributed by atoms with van der Waals surface area (Å²) in [6.07, 6.45) is 0. The first-order valence-corrected chi connectivity index (χ1v) is 7.66. The molecule has 0 aliphatic heterocycles. The van der Waals surface area contributed by atoms with Crippen LogP contribution in [0.5, 0.6) is 0 Å². The third-order valence-electron chi connectivity index (χ3n) is 2.69. The predicted molar refractivity (Wildman–Crippen MR) is 82.7 cm³/mol. The maximum atomic E-state index is 11.7. The Morgan fingerprint density at radius 2 is 1.73 bits per heavy atom. The van der Waals surface area contributed by atoms with E-state index in [1.54, 1.807) is 30.3 Å². The van der Waals surface area contributed by atoms with Gasteiger partial charge in [-0.1, -0.05) is 12.1 Å². The minimum atomic E-state index is -3.62. The van der Waals surface area contributed by atoms with E-state index in [9.17, 15) is 8.42 Å². The number of nitrogens with one attached hydrogen (secondary N) is 2. The first-order chi connectivity index (χ1) is 10.4. The van der Waals surface area contributed by atoms with E-state index in [1.165, 1.54) is 20.2 Å². The molecule has 1 heterocycles. The van der Waals surface area contributed by atoms with Gasteiger partial charge in [-0.15, -0.1) is 10.2 Å². The third kappa shape index (κ3) is 3.69. The van der Waals surface area contributed by atoms with Crippen molar-refractivity contribution in [3.05, 3.63) is 42.0 Å². The predicted octanol–water partition coefficient (Wildman–Crippen LogP) is 1.31. The highest BCUT2D eigenvalue weighted by atomic mass is 32.2. The van der Waals surface area contributed by atoms with Crippen LogP contribution in [0.25, 0.3) is 0 Å². The molecule has 8 nitrogen and oxygen atoms in total. The van der Waals surface area contributed by atoms with Crippen LogP contribution in [0.15, 0.2) is 36.4 Å².